The van der Waals surface area contributed by atoms with Crippen molar-refractivity contribution in [3.05, 3.63) is 30.3 Å². The van der Waals surface area contributed by atoms with Crippen LogP contribution in [0.25, 0.3) is 0 Å². The van der Waals surface area contributed by atoms with Gasteiger partial charge in [0.1, 0.15) is 62.0 Å². The minimum absolute atomic E-state index is 0.667. The van der Waals surface area contributed by atoms with E-state index in [9.17, 15) is 66.1 Å². The van der Waals surface area contributed by atoms with Gasteiger partial charge in [0.15, 0.2) is 18.7 Å². The van der Waals surface area contributed by atoms with E-state index < -0.39 is 109 Å². The zero-order chi connectivity index (χ0) is 29.2. The fourth-order valence-electron chi connectivity index (χ4n) is 3.09. The van der Waals surface area contributed by atoms with Crippen molar-refractivity contribution >= 4 is 0 Å². The molecule has 38 heavy (non-hydrogen) atoms. The number of hydrogen-bond acceptors (Lipinski definition) is 20. The van der Waals surface area contributed by atoms with E-state index in [0.717, 1.165) is 0 Å². The Bertz CT molecular complexity index is 739. The Labute approximate surface area is 210 Å². The SMILES string of the molecule is O=[N+]([O-])OCC(CO[N+](=O)[O-])O[N+](=O)[O-].OC[C@H]1O[C@@H](O[C@H]2[C@H](O)[C@@H](O)C(O)O[C@@H]2CO)[C@H](O)[C@@H](O)[C@H]1O. The summed E-state index contributed by atoms with van der Waals surface area (Å²) in [5.41, 5.74) is 0. The van der Waals surface area contributed by atoms with Crippen molar-refractivity contribution in [1.29, 1.82) is 0 Å². The zero-order valence-corrected chi connectivity index (χ0v) is 19.0. The van der Waals surface area contributed by atoms with Gasteiger partial charge in [-0.05, 0) is 0 Å². The highest BCUT2D eigenvalue weighted by Crippen LogP contribution is 2.28. The van der Waals surface area contributed by atoms with Gasteiger partial charge in [0.2, 0.25) is 0 Å². The molecule has 0 aliphatic carbocycles. The van der Waals surface area contributed by atoms with Crippen LogP contribution in [-0.4, -0.2) is 150 Å². The lowest BCUT2D eigenvalue weighted by molar-refractivity contribution is -0.803. The van der Waals surface area contributed by atoms with Crippen LogP contribution in [-0.2, 0) is 28.7 Å². The second-order valence-corrected chi connectivity index (χ2v) is 7.52. The van der Waals surface area contributed by atoms with Crippen molar-refractivity contribution in [3.8, 4) is 0 Å². The molecule has 10 atom stereocenters. The number of hydrogen-bond donors (Lipinski definition) is 8. The van der Waals surface area contributed by atoms with Crippen LogP contribution in [0, 0.1) is 30.3 Å². The Morgan fingerprint density at radius 1 is 0.684 bits per heavy atom. The number of aliphatic hydroxyl groups excluding tert-OH is 8. The molecule has 0 radical (unpaired) electrons. The second-order valence-electron chi connectivity index (χ2n) is 7.52. The van der Waals surface area contributed by atoms with E-state index in [0.29, 0.717) is 0 Å². The normalized spacial score (nSPS) is 35.0. The molecule has 0 amide bonds. The third-order valence-corrected chi connectivity index (χ3v) is 4.95. The molecule has 2 aliphatic rings. The quantitative estimate of drug-likeness (QED) is 0.0799. The minimum Gasteiger partial charge on any atom is -0.394 e. The summed E-state index contributed by atoms with van der Waals surface area (Å²) in [6, 6.07) is 0. The van der Waals surface area contributed by atoms with Crippen LogP contribution >= 0.6 is 0 Å². The smallest absolute Gasteiger partial charge is 0.294 e. The first kappa shape index (κ1) is 33.2. The Morgan fingerprint density at radius 3 is 1.66 bits per heavy atom. The summed E-state index contributed by atoms with van der Waals surface area (Å²) in [5, 5.41) is 102. The Hall–Kier alpha value is -2.84. The molecule has 0 spiro atoms. The number of ether oxygens (including phenoxy) is 3. The van der Waals surface area contributed by atoms with Gasteiger partial charge in [-0.1, -0.05) is 0 Å². The van der Waals surface area contributed by atoms with Crippen LogP contribution in [0.3, 0.4) is 0 Å². The molecule has 2 heterocycles. The van der Waals surface area contributed by atoms with Crippen molar-refractivity contribution in [3.63, 3.8) is 0 Å². The molecule has 0 bridgehead atoms. The third-order valence-electron chi connectivity index (χ3n) is 4.95. The fraction of sp³-hybridized carbons (Fsp3) is 1.00. The molecule has 23 nitrogen and oxygen atoms in total. The number of rotatable bonds is 12. The average Bonchev–Trinajstić information content (AvgIpc) is 2.85. The number of nitrogens with zero attached hydrogens (tertiary/aromatic N) is 3. The highest BCUT2D eigenvalue weighted by atomic mass is 17.0. The van der Waals surface area contributed by atoms with E-state index in [4.69, 9.17) is 19.3 Å². The molecule has 2 fully saturated rings. The van der Waals surface area contributed by atoms with Crippen LogP contribution in [0.1, 0.15) is 0 Å². The topological polar surface area (TPSA) is 347 Å². The summed E-state index contributed by atoms with van der Waals surface area (Å²) < 4.78 is 15.3. The molecule has 0 aromatic rings. The molecule has 0 aromatic heterocycles. The van der Waals surface area contributed by atoms with E-state index in [1.54, 1.807) is 0 Å². The summed E-state index contributed by atoms with van der Waals surface area (Å²) in [5.74, 6) is 0. The first-order chi connectivity index (χ1) is 17.7. The maximum absolute atomic E-state index is 9.94. The molecule has 2 saturated heterocycles. The Balaban J connectivity index is 0.000000420. The van der Waals surface area contributed by atoms with Gasteiger partial charge in [0.05, 0.1) is 13.2 Å². The van der Waals surface area contributed by atoms with Gasteiger partial charge in [-0.15, -0.1) is 30.3 Å². The van der Waals surface area contributed by atoms with Gasteiger partial charge < -0.3 is 69.6 Å². The van der Waals surface area contributed by atoms with Crippen LogP contribution in [0.2, 0.25) is 0 Å². The average molecular weight is 569 g/mol. The van der Waals surface area contributed by atoms with E-state index in [1.165, 1.54) is 0 Å². The highest BCUT2D eigenvalue weighted by molar-refractivity contribution is 4.93. The summed E-state index contributed by atoms with van der Waals surface area (Å²) in [7, 11) is 0. The van der Waals surface area contributed by atoms with Gasteiger partial charge in [-0.3, -0.25) is 0 Å². The largest absolute Gasteiger partial charge is 0.394 e. The predicted molar refractivity (Wildman–Crippen MR) is 106 cm³/mol. The van der Waals surface area contributed by atoms with Crippen molar-refractivity contribution < 1.29 is 84.8 Å². The maximum Gasteiger partial charge on any atom is 0.294 e. The first-order valence-corrected chi connectivity index (χ1v) is 10.4. The van der Waals surface area contributed by atoms with Crippen LogP contribution in [0.4, 0.5) is 0 Å². The van der Waals surface area contributed by atoms with E-state index in [-0.39, 0.29) is 0 Å². The monoisotopic (exact) mass is 569 g/mol. The molecular formula is C15H27N3O20. The fourth-order valence-corrected chi connectivity index (χ4v) is 3.09. The maximum atomic E-state index is 9.94. The minimum atomic E-state index is -1.74. The Kier molecular flexibility index (Phi) is 13.6. The standard InChI is InChI=1S/C12H22O11.C3H5N3O9/c13-1-3-5(15)6(16)9(19)12(22-3)23-10-4(2-14)21-11(20)8(18)7(10)17;7-4(8)13-1-3(15-6(11)12)2-14-5(9)10/h3-20H,1-2H2;3H,1-2H2/t3-,4-,5+,6+,7-,8-,9-,10-,11?,12+;/m1./s1. The van der Waals surface area contributed by atoms with Gasteiger partial charge in [-0.25, -0.2) is 0 Å². The lowest BCUT2D eigenvalue weighted by Crippen LogP contribution is -2.64. The first-order valence-electron chi connectivity index (χ1n) is 10.4. The van der Waals surface area contributed by atoms with Crippen molar-refractivity contribution in [2.45, 2.75) is 67.5 Å². The predicted octanol–water partition coefficient (Wildman–Crippen LogP) is -6.42. The molecule has 0 saturated carbocycles. The van der Waals surface area contributed by atoms with Crippen LogP contribution in [0.5, 0.6) is 0 Å². The molecule has 8 N–H and O–H groups in total. The molecule has 23 heteroatoms. The van der Waals surface area contributed by atoms with Gasteiger partial charge in [-0.2, -0.15) is 0 Å². The zero-order valence-electron chi connectivity index (χ0n) is 19.0. The van der Waals surface area contributed by atoms with Crippen LogP contribution in [0.15, 0.2) is 0 Å². The number of aliphatic hydroxyl groups is 8. The molecule has 2 rings (SSSR count). The van der Waals surface area contributed by atoms with Crippen LogP contribution < -0.4 is 0 Å². The summed E-state index contributed by atoms with van der Waals surface area (Å²) in [4.78, 5) is 40.5. The lowest BCUT2D eigenvalue weighted by Gasteiger charge is -2.45. The Morgan fingerprint density at radius 2 is 1.21 bits per heavy atom. The lowest BCUT2D eigenvalue weighted by atomic mass is 9.97. The van der Waals surface area contributed by atoms with Gasteiger partial charge >= 0.3 is 0 Å². The van der Waals surface area contributed by atoms with Gasteiger partial charge in [0.25, 0.3) is 15.3 Å². The summed E-state index contributed by atoms with van der Waals surface area (Å²) >= 11 is 0. The van der Waals surface area contributed by atoms with Crippen molar-refractivity contribution in [1.82, 2.24) is 0 Å². The van der Waals surface area contributed by atoms with Crippen molar-refractivity contribution in [2.24, 2.45) is 0 Å². The van der Waals surface area contributed by atoms with E-state index in [2.05, 4.69) is 14.5 Å². The molecule has 1 unspecified atom stereocenters. The van der Waals surface area contributed by atoms with Crippen molar-refractivity contribution in [2.75, 3.05) is 26.4 Å². The summed E-state index contributed by atoms with van der Waals surface area (Å²) in [6.07, 6.45) is -17.1. The third kappa shape index (κ3) is 9.80. The molecule has 0 aromatic carbocycles. The molecular weight excluding hydrogens is 542 g/mol. The van der Waals surface area contributed by atoms with Gasteiger partial charge in [0, 0.05) is 0 Å². The van der Waals surface area contributed by atoms with E-state index >= 15 is 0 Å². The summed E-state index contributed by atoms with van der Waals surface area (Å²) in [6.45, 7) is -3.04. The second kappa shape index (κ2) is 15.5. The molecule has 222 valence electrons. The highest BCUT2D eigenvalue weighted by Gasteiger charge is 2.50. The van der Waals surface area contributed by atoms with E-state index in [1.807, 2.05) is 0 Å². The molecule has 2 aliphatic heterocycles.